The van der Waals surface area contributed by atoms with Crippen molar-refractivity contribution in [1.82, 2.24) is 0 Å². The summed E-state index contributed by atoms with van der Waals surface area (Å²) in [4.78, 5) is 11.6. The van der Waals surface area contributed by atoms with Crippen LogP contribution in [0.15, 0.2) is 18.2 Å². The van der Waals surface area contributed by atoms with Gasteiger partial charge in [-0.2, -0.15) is 0 Å². The van der Waals surface area contributed by atoms with E-state index in [2.05, 4.69) is 0 Å². The fraction of sp³-hybridized carbons (Fsp3) is 0.533. The van der Waals surface area contributed by atoms with Crippen LogP contribution < -0.4 is 10.5 Å². The topological polar surface area (TPSA) is 61.5 Å². The number of nitrogens with two attached hydrogens (primary N) is 1. The predicted octanol–water partition coefficient (Wildman–Crippen LogP) is 2.79. The molecule has 0 saturated carbocycles. The van der Waals surface area contributed by atoms with E-state index in [9.17, 15) is 13.6 Å². The first-order valence-electron chi connectivity index (χ1n) is 6.91. The van der Waals surface area contributed by atoms with Gasteiger partial charge < -0.3 is 15.2 Å². The van der Waals surface area contributed by atoms with E-state index in [4.69, 9.17) is 15.2 Å². The van der Waals surface area contributed by atoms with Crippen LogP contribution in [-0.4, -0.2) is 24.7 Å². The van der Waals surface area contributed by atoms with E-state index in [-0.39, 0.29) is 19.0 Å². The third-order valence-electron chi connectivity index (χ3n) is 2.98. The third kappa shape index (κ3) is 5.67. The molecule has 1 atom stereocenters. The van der Waals surface area contributed by atoms with Gasteiger partial charge in [-0.1, -0.05) is 0 Å². The van der Waals surface area contributed by atoms with Crippen LogP contribution in [0.1, 0.15) is 33.1 Å². The van der Waals surface area contributed by atoms with Gasteiger partial charge in [0, 0.05) is 6.07 Å². The van der Waals surface area contributed by atoms with Gasteiger partial charge in [-0.25, -0.2) is 8.78 Å². The number of benzene rings is 1. The predicted molar refractivity (Wildman–Crippen MR) is 74.9 cm³/mol. The molecule has 1 aromatic carbocycles. The number of carbonyl (C=O) groups is 1. The van der Waals surface area contributed by atoms with Gasteiger partial charge in [0.2, 0.25) is 0 Å². The maximum absolute atomic E-state index is 13.3. The van der Waals surface area contributed by atoms with Crippen molar-refractivity contribution < 1.29 is 23.0 Å². The van der Waals surface area contributed by atoms with Crippen molar-refractivity contribution in [1.29, 1.82) is 0 Å². The summed E-state index contributed by atoms with van der Waals surface area (Å²) in [6.07, 6.45) is 1.62. The van der Waals surface area contributed by atoms with E-state index < -0.39 is 23.1 Å². The lowest BCUT2D eigenvalue weighted by atomic mass is 9.96. The van der Waals surface area contributed by atoms with Crippen LogP contribution in [-0.2, 0) is 9.53 Å². The molecule has 0 radical (unpaired) electrons. The number of esters is 1. The molecule has 0 saturated heterocycles. The van der Waals surface area contributed by atoms with Crippen LogP contribution >= 0.6 is 0 Å². The second-order valence-electron chi connectivity index (χ2n) is 5.02. The smallest absolute Gasteiger partial charge is 0.325 e. The Morgan fingerprint density at radius 3 is 2.71 bits per heavy atom. The Labute approximate surface area is 123 Å². The summed E-state index contributed by atoms with van der Waals surface area (Å²) in [5.41, 5.74) is 4.82. The molecule has 0 fully saturated rings. The molecule has 4 nitrogen and oxygen atoms in total. The summed E-state index contributed by atoms with van der Waals surface area (Å²) in [6.45, 7) is 3.83. The Morgan fingerprint density at radius 1 is 1.33 bits per heavy atom. The standard InChI is InChI=1S/C15H21F2NO3/c1-3-20-14(19)15(2,18)8-4-5-9-21-13-10-11(16)6-7-12(13)17/h6-7,10H,3-5,8-9,18H2,1-2H3. The lowest BCUT2D eigenvalue weighted by Gasteiger charge is -2.21. The average molecular weight is 301 g/mol. The lowest BCUT2D eigenvalue weighted by Crippen LogP contribution is -2.46. The van der Waals surface area contributed by atoms with E-state index in [1.165, 1.54) is 0 Å². The van der Waals surface area contributed by atoms with E-state index >= 15 is 0 Å². The number of ether oxygens (including phenoxy) is 2. The van der Waals surface area contributed by atoms with Crippen LogP contribution in [0.5, 0.6) is 5.75 Å². The molecular weight excluding hydrogens is 280 g/mol. The fourth-order valence-corrected chi connectivity index (χ4v) is 1.76. The van der Waals surface area contributed by atoms with E-state index in [1.807, 2.05) is 0 Å². The second kappa shape index (κ2) is 7.93. The van der Waals surface area contributed by atoms with Crippen molar-refractivity contribution in [2.45, 2.75) is 38.6 Å². The molecule has 0 bridgehead atoms. The molecule has 1 unspecified atom stereocenters. The van der Waals surface area contributed by atoms with E-state index in [1.54, 1.807) is 13.8 Å². The number of hydrogen-bond donors (Lipinski definition) is 1. The van der Waals surface area contributed by atoms with E-state index in [0.717, 1.165) is 18.2 Å². The summed E-state index contributed by atoms with van der Waals surface area (Å²) in [6, 6.07) is 3.05. The van der Waals surface area contributed by atoms with Crippen LogP contribution in [0.2, 0.25) is 0 Å². The summed E-state index contributed by atoms with van der Waals surface area (Å²) in [7, 11) is 0. The molecule has 2 N–H and O–H groups in total. The number of unbranched alkanes of at least 4 members (excludes halogenated alkanes) is 1. The zero-order valence-electron chi connectivity index (χ0n) is 12.3. The average Bonchev–Trinajstić information content (AvgIpc) is 2.42. The lowest BCUT2D eigenvalue weighted by molar-refractivity contribution is -0.149. The van der Waals surface area contributed by atoms with Crippen LogP contribution in [0.25, 0.3) is 0 Å². The summed E-state index contributed by atoms with van der Waals surface area (Å²) >= 11 is 0. The number of rotatable bonds is 8. The number of halogens is 2. The highest BCUT2D eigenvalue weighted by Gasteiger charge is 2.29. The van der Waals surface area contributed by atoms with Gasteiger partial charge in [-0.15, -0.1) is 0 Å². The molecule has 118 valence electrons. The number of carbonyl (C=O) groups excluding carboxylic acids is 1. The Balaban J connectivity index is 2.31. The van der Waals surface area contributed by atoms with Crippen LogP contribution in [0, 0.1) is 11.6 Å². The molecule has 0 spiro atoms. The van der Waals surface area contributed by atoms with Crippen molar-refractivity contribution in [3.05, 3.63) is 29.8 Å². The Bertz CT molecular complexity index is 478. The first-order chi connectivity index (χ1) is 9.86. The minimum absolute atomic E-state index is 0.115. The quantitative estimate of drug-likeness (QED) is 0.592. The summed E-state index contributed by atoms with van der Waals surface area (Å²) in [5, 5.41) is 0. The second-order valence-corrected chi connectivity index (χ2v) is 5.02. The maximum Gasteiger partial charge on any atom is 0.325 e. The van der Waals surface area contributed by atoms with Gasteiger partial charge in [0.05, 0.1) is 13.2 Å². The highest BCUT2D eigenvalue weighted by Crippen LogP contribution is 2.19. The molecule has 0 aliphatic heterocycles. The molecule has 0 aliphatic carbocycles. The molecule has 1 aromatic rings. The zero-order chi connectivity index (χ0) is 15.9. The van der Waals surface area contributed by atoms with Crippen LogP contribution in [0.4, 0.5) is 8.78 Å². The molecule has 1 rings (SSSR count). The molecule has 6 heteroatoms. The van der Waals surface area contributed by atoms with Crippen molar-refractivity contribution in [3.63, 3.8) is 0 Å². The molecule has 0 amide bonds. The first-order valence-corrected chi connectivity index (χ1v) is 6.91. The zero-order valence-corrected chi connectivity index (χ0v) is 12.3. The van der Waals surface area contributed by atoms with Crippen LogP contribution in [0.3, 0.4) is 0 Å². The largest absolute Gasteiger partial charge is 0.490 e. The molecule has 0 heterocycles. The molecule has 0 aromatic heterocycles. The minimum atomic E-state index is -1.04. The monoisotopic (exact) mass is 301 g/mol. The van der Waals surface area contributed by atoms with Gasteiger partial charge in [0.15, 0.2) is 11.6 Å². The first kappa shape index (κ1) is 17.4. The van der Waals surface area contributed by atoms with Gasteiger partial charge >= 0.3 is 5.97 Å². The molecular formula is C15H21F2NO3. The normalized spacial score (nSPS) is 13.6. The fourth-order valence-electron chi connectivity index (χ4n) is 1.76. The third-order valence-corrected chi connectivity index (χ3v) is 2.98. The summed E-state index contributed by atoms with van der Waals surface area (Å²) in [5.74, 6) is -1.71. The van der Waals surface area contributed by atoms with Crippen molar-refractivity contribution in [2.24, 2.45) is 5.73 Å². The Kier molecular flexibility index (Phi) is 6.55. The summed E-state index contributed by atoms with van der Waals surface area (Å²) < 4.78 is 36.3. The van der Waals surface area contributed by atoms with Crippen molar-refractivity contribution in [2.75, 3.05) is 13.2 Å². The van der Waals surface area contributed by atoms with Gasteiger partial charge in [-0.05, 0) is 45.2 Å². The Hall–Kier alpha value is -1.69. The van der Waals surface area contributed by atoms with Gasteiger partial charge in [0.1, 0.15) is 11.4 Å². The highest BCUT2D eigenvalue weighted by atomic mass is 19.1. The Morgan fingerprint density at radius 2 is 2.05 bits per heavy atom. The highest BCUT2D eigenvalue weighted by molar-refractivity contribution is 5.79. The number of hydrogen-bond acceptors (Lipinski definition) is 4. The van der Waals surface area contributed by atoms with Gasteiger partial charge in [-0.3, -0.25) is 4.79 Å². The van der Waals surface area contributed by atoms with Gasteiger partial charge in [0.25, 0.3) is 0 Å². The van der Waals surface area contributed by atoms with Crippen molar-refractivity contribution in [3.8, 4) is 5.75 Å². The SMILES string of the molecule is CCOC(=O)C(C)(N)CCCCOc1cc(F)ccc1F. The van der Waals surface area contributed by atoms with E-state index in [0.29, 0.717) is 19.3 Å². The molecule has 0 aliphatic rings. The minimum Gasteiger partial charge on any atom is -0.490 e. The maximum atomic E-state index is 13.3. The van der Waals surface area contributed by atoms with Crippen molar-refractivity contribution >= 4 is 5.97 Å². The molecule has 21 heavy (non-hydrogen) atoms.